The predicted molar refractivity (Wildman–Crippen MR) is 53.5 cm³/mol. The Bertz CT molecular complexity index is 237. The van der Waals surface area contributed by atoms with Crippen LogP contribution in [0.4, 0.5) is 0 Å². The second-order valence-corrected chi connectivity index (χ2v) is 3.48. The van der Waals surface area contributed by atoms with E-state index >= 15 is 0 Å². The highest BCUT2D eigenvalue weighted by Crippen LogP contribution is 2.16. The van der Waals surface area contributed by atoms with Crippen LogP contribution in [0.25, 0.3) is 0 Å². The van der Waals surface area contributed by atoms with Crippen molar-refractivity contribution in [2.45, 2.75) is 6.82 Å². The fraction of sp³-hybridized carbons (Fsp3) is 0.250. The van der Waals surface area contributed by atoms with E-state index in [-0.39, 0.29) is 13.4 Å². The Labute approximate surface area is 80.8 Å². The van der Waals surface area contributed by atoms with E-state index < -0.39 is 0 Å². The Kier molecular flexibility index (Phi) is 3.63. The minimum Gasteiger partial charge on any atom is -0.558 e. The van der Waals surface area contributed by atoms with Gasteiger partial charge in [-0.05, 0) is 31.1 Å². The van der Waals surface area contributed by atoms with Crippen molar-refractivity contribution in [2.75, 3.05) is 6.51 Å². The van der Waals surface area contributed by atoms with E-state index in [0.717, 1.165) is 10.2 Å². The molecule has 2 nitrogen and oxygen atoms in total. The second-order valence-electron chi connectivity index (χ2n) is 2.56. The highest BCUT2D eigenvalue weighted by atomic mass is 79.9. The molecule has 1 rings (SSSR count). The maximum atomic E-state index is 8.72. The molecule has 0 aromatic heterocycles. The van der Waals surface area contributed by atoms with Crippen LogP contribution >= 0.6 is 15.9 Å². The summed E-state index contributed by atoms with van der Waals surface area (Å²) in [5, 5.41) is 8.72. The summed E-state index contributed by atoms with van der Waals surface area (Å²) in [5.74, 6) is 0.778. The monoisotopic (exact) mass is 228 g/mol. The first-order valence-electron chi connectivity index (χ1n) is 3.75. The minimum absolute atomic E-state index is 0.0378. The molecule has 0 saturated heterocycles. The van der Waals surface area contributed by atoms with Gasteiger partial charge < -0.3 is 9.76 Å². The van der Waals surface area contributed by atoms with E-state index in [0.29, 0.717) is 0 Å². The van der Waals surface area contributed by atoms with E-state index in [9.17, 15) is 0 Å². The lowest BCUT2D eigenvalue weighted by Gasteiger charge is -2.08. The summed E-state index contributed by atoms with van der Waals surface area (Å²) < 4.78 is 6.37. The van der Waals surface area contributed by atoms with Crippen LogP contribution in [0.5, 0.6) is 5.75 Å². The van der Waals surface area contributed by atoms with Crippen LogP contribution in [-0.4, -0.2) is 18.5 Å². The first-order chi connectivity index (χ1) is 5.72. The third-order valence-corrected chi connectivity index (χ3v) is 1.94. The van der Waals surface area contributed by atoms with Crippen molar-refractivity contribution in [2.24, 2.45) is 0 Å². The average Bonchev–Trinajstić information content (AvgIpc) is 2.09. The van der Waals surface area contributed by atoms with Gasteiger partial charge in [-0.3, -0.25) is 0 Å². The highest BCUT2D eigenvalue weighted by Gasteiger charge is 2.07. The molecular weight excluding hydrogens is 219 g/mol. The number of aliphatic hydroxyl groups is 1. The molecule has 1 aromatic rings. The van der Waals surface area contributed by atoms with Crippen LogP contribution in [0.2, 0.25) is 6.82 Å². The van der Waals surface area contributed by atoms with Gasteiger partial charge in [0.2, 0.25) is 0 Å². The smallest absolute Gasteiger partial charge is 0.380 e. The summed E-state index contributed by atoms with van der Waals surface area (Å²) in [6.45, 7) is 1.71. The van der Waals surface area contributed by atoms with Gasteiger partial charge in [0.15, 0.2) is 0 Å². The van der Waals surface area contributed by atoms with E-state index in [1.807, 2.05) is 31.1 Å². The topological polar surface area (TPSA) is 29.5 Å². The minimum atomic E-state index is -0.147. The van der Waals surface area contributed by atoms with Crippen molar-refractivity contribution in [1.82, 2.24) is 0 Å². The maximum absolute atomic E-state index is 8.72. The first kappa shape index (κ1) is 9.61. The zero-order valence-corrected chi connectivity index (χ0v) is 8.41. The van der Waals surface area contributed by atoms with Gasteiger partial charge in [-0.15, -0.1) is 0 Å². The summed E-state index contributed by atoms with van der Waals surface area (Å²) in [7, 11) is 0. The maximum Gasteiger partial charge on any atom is 0.380 e. The lowest BCUT2D eigenvalue weighted by Crippen LogP contribution is -2.22. The lowest BCUT2D eigenvalue weighted by molar-refractivity contribution is 0.343. The third-order valence-electron chi connectivity index (χ3n) is 1.41. The van der Waals surface area contributed by atoms with Crippen LogP contribution in [-0.2, 0) is 0 Å². The van der Waals surface area contributed by atoms with Gasteiger partial charge in [0.1, 0.15) is 0 Å². The molecule has 64 valence electrons. The van der Waals surface area contributed by atoms with Crippen LogP contribution in [0.15, 0.2) is 28.7 Å². The number of hydrogen-bond donors (Lipinski definition) is 1. The Morgan fingerprint density at radius 1 is 1.42 bits per heavy atom. The molecule has 0 fully saturated rings. The molecule has 1 aromatic carbocycles. The Hall–Kier alpha value is -0.475. The molecule has 1 N–H and O–H groups in total. The molecule has 0 heterocycles. The third kappa shape index (κ3) is 2.87. The quantitative estimate of drug-likeness (QED) is 0.802. The second kappa shape index (κ2) is 4.53. The summed E-state index contributed by atoms with van der Waals surface area (Å²) in [4.78, 5) is 0. The van der Waals surface area contributed by atoms with Crippen molar-refractivity contribution >= 4 is 22.8 Å². The van der Waals surface area contributed by atoms with Crippen LogP contribution < -0.4 is 4.65 Å². The molecule has 0 atom stereocenters. The number of benzene rings is 1. The van der Waals surface area contributed by atoms with Crippen molar-refractivity contribution in [1.29, 1.82) is 0 Å². The van der Waals surface area contributed by atoms with E-state index in [4.69, 9.17) is 9.76 Å². The highest BCUT2D eigenvalue weighted by molar-refractivity contribution is 9.10. The van der Waals surface area contributed by atoms with Gasteiger partial charge in [0, 0.05) is 4.47 Å². The van der Waals surface area contributed by atoms with Crippen molar-refractivity contribution in [3.63, 3.8) is 0 Å². The van der Waals surface area contributed by atoms with Gasteiger partial charge in [-0.1, -0.05) is 15.9 Å². The largest absolute Gasteiger partial charge is 0.558 e. The molecule has 0 aliphatic heterocycles. The molecule has 4 heteroatoms. The molecule has 0 amide bonds. The summed E-state index contributed by atoms with van der Waals surface area (Å²) >= 11 is 3.32. The Morgan fingerprint density at radius 3 is 2.50 bits per heavy atom. The normalized spacial score (nSPS) is 9.58. The van der Waals surface area contributed by atoms with Crippen molar-refractivity contribution in [3.05, 3.63) is 28.7 Å². The average molecular weight is 229 g/mol. The van der Waals surface area contributed by atoms with Crippen LogP contribution in [0.1, 0.15) is 0 Å². The number of aliphatic hydroxyl groups excluding tert-OH is 1. The fourth-order valence-electron chi connectivity index (χ4n) is 0.783. The van der Waals surface area contributed by atoms with E-state index in [1.165, 1.54) is 0 Å². The van der Waals surface area contributed by atoms with Crippen LogP contribution in [0.3, 0.4) is 0 Å². The molecule has 0 radical (unpaired) electrons. The standard InChI is InChI=1S/C8H10BBrO2/c1-9(6-11)12-8-4-2-7(10)3-5-8/h2-5,11H,6H2,1H3. The molecule has 0 spiro atoms. The predicted octanol–water partition coefficient (Wildman–Crippen LogP) is 1.98. The van der Waals surface area contributed by atoms with E-state index in [2.05, 4.69) is 15.9 Å². The van der Waals surface area contributed by atoms with Gasteiger partial charge in [0.25, 0.3) is 0 Å². The number of rotatable bonds is 3. The molecule has 0 bridgehead atoms. The zero-order valence-electron chi connectivity index (χ0n) is 6.83. The molecule has 12 heavy (non-hydrogen) atoms. The molecule has 0 unspecified atom stereocenters. The molecule has 0 saturated carbocycles. The lowest BCUT2D eigenvalue weighted by atomic mass is 9.73. The molecular formula is C8H10BBrO2. The summed E-state index contributed by atoms with van der Waals surface area (Å²) in [5.41, 5.74) is 0. The number of hydrogen-bond acceptors (Lipinski definition) is 2. The summed E-state index contributed by atoms with van der Waals surface area (Å²) in [6, 6.07) is 7.52. The van der Waals surface area contributed by atoms with Gasteiger partial charge in [-0.2, -0.15) is 0 Å². The fourth-order valence-corrected chi connectivity index (χ4v) is 1.05. The van der Waals surface area contributed by atoms with Crippen molar-refractivity contribution in [3.8, 4) is 5.75 Å². The SMILES string of the molecule is CB(CO)Oc1ccc(Br)cc1. The summed E-state index contributed by atoms with van der Waals surface area (Å²) in [6.07, 6.45) is 0. The van der Waals surface area contributed by atoms with Gasteiger partial charge >= 0.3 is 6.92 Å². The molecule has 0 aliphatic carbocycles. The van der Waals surface area contributed by atoms with E-state index in [1.54, 1.807) is 0 Å². The Balaban J connectivity index is 2.58. The van der Waals surface area contributed by atoms with Gasteiger partial charge in [-0.25, -0.2) is 0 Å². The number of halogens is 1. The van der Waals surface area contributed by atoms with Crippen LogP contribution in [0, 0.1) is 0 Å². The van der Waals surface area contributed by atoms with Gasteiger partial charge in [0.05, 0.1) is 12.3 Å². The Morgan fingerprint density at radius 2 is 2.00 bits per heavy atom. The first-order valence-corrected chi connectivity index (χ1v) is 4.55. The zero-order chi connectivity index (χ0) is 8.97. The molecule has 0 aliphatic rings. The van der Waals surface area contributed by atoms with Crippen molar-refractivity contribution < 1.29 is 9.76 Å².